The summed E-state index contributed by atoms with van der Waals surface area (Å²) in [7, 11) is -3.53. The average Bonchev–Trinajstić information content (AvgIpc) is 3.97. The Bertz CT molecular complexity index is 2560. The molecule has 4 aromatic carbocycles. The maximum Gasteiger partial charge on any atom is 0.268 e. The van der Waals surface area contributed by atoms with Gasteiger partial charge in [-0.05, 0) is 110 Å². The number of aromatic amines is 1. The molecule has 62 heavy (non-hydrogen) atoms. The number of allylic oxidation sites excluding steroid dienone is 1. The summed E-state index contributed by atoms with van der Waals surface area (Å²) < 4.78 is 36.1. The van der Waals surface area contributed by atoms with E-state index in [-0.39, 0.29) is 33.4 Å². The van der Waals surface area contributed by atoms with Gasteiger partial charge >= 0.3 is 0 Å². The Hall–Kier alpha value is -5.00. The number of fused-ring (bicyclic) bond motifs is 1. The number of nitrogens with zero attached hydrogens (tertiary/aromatic N) is 3. The Morgan fingerprint density at radius 1 is 1.02 bits per heavy atom. The topological polar surface area (TPSA) is 184 Å². The summed E-state index contributed by atoms with van der Waals surface area (Å²) in [5.74, 6) is -0.421. The number of benzene rings is 4. The van der Waals surface area contributed by atoms with E-state index in [1.807, 2.05) is 18.2 Å². The van der Waals surface area contributed by atoms with Gasteiger partial charge in [-0.2, -0.15) is 9.91 Å². The third kappa shape index (κ3) is 10.4. The van der Waals surface area contributed by atoms with Crippen LogP contribution in [0.4, 0.5) is 17.1 Å². The lowest BCUT2D eigenvalue weighted by molar-refractivity contribution is -0.00404. The molecule has 328 valence electrons. The molecule has 6 N–H and O–H groups in total. The smallest absolute Gasteiger partial charge is 0.268 e. The molecule has 1 saturated carbocycles. The van der Waals surface area contributed by atoms with Gasteiger partial charge in [-0.15, -0.1) is 0 Å². The van der Waals surface area contributed by atoms with Crippen molar-refractivity contribution < 1.29 is 23.2 Å². The van der Waals surface area contributed by atoms with Gasteiger partial charge in [-0.1, -0.05) is 49.2 Å². The first-order valence-electron chi connectivity index (χ1n) is 21.3. The Morgan fingerprint density at radius 3 is 2.53 bits per heavy atom. The second-order valence-electron chi connectivity index (χ2n) is 17.6. The Labute approximate surface area is 367 Å². The van der Waals surface area contributed by atoms with Crippen molar-refractivity contribution in [2.24, 2.45) is 5.41 Å². The lowest BCUT2D eigenvalue weighted by atomic mass is 9.72. The summed E-state index contributed by atoms with van der Waals surface area (Å²) in [6.07, 6.45) is 8.90. The van der Waals surface area contributed by atoms with Gasteiger partial charge in [0.2, 0.25) is 0 Å². The number of piperidine rings is 1. The van der Waals surface area contributed by atoms with Crippen LogP contribution in [0.5, 0.6) is 11.5 Å². The molecule has 0 radical (unpaired) electrons. The highest BCUT2D eigenvalue weighted by molar-refractivity contribution is 7.90. The highest BCUT2D eigenvalue weighted by Crippen LogP contribution is 2.43. The second kappa shape index (κ2) is 18.0. The summed E-state index contributed by atoms with van der Waals surface area (Å²) in [4.78, 5) is 14.2. The van der Waals surface area contributed by atoms with E-state index >= 15 is 0 Å². The molecule has 2 aliphatic carbocycles. The monoisotopic (exact) mass is 882 g/mol. The largest absolute Gasteiger partial charge is 0.593 e. The maximum absolute atomic E-state index is 13.9. The zero-order valence-electron chi connectivity index (χ0n) is 35.3. The standard InChI is InChI=1S/C46H55ClN8O6S/c1-46(2)20-17-31(38(27-46)30-7-9-32(47)10-8-30)28-48-21-22-49-34-11-15-37(44(25-34)61-43-6-4-5-40-39(43)29-50-52-40)45(56)53-62(59,60)36-14-16-41(42(26-36)55(3,57)58)51-33-18-23-54(24-19-33)35-12-13-35/h4-11,14-16,25-26,29,33,35,48-49,51,57H,12-13,17-24,27-28H2,1-3H3,(H,50,52)(H,53,56). The van der Waals surface area contributed by atoms with Gasteiger partial charge in [0, 0.05) is 67.7 Å². The zero-order valence-corrected chi connectivity index (χ0v) is 36.9. The number of hydrogen-bond acceptors (Lipinski definition) is 11. The normalized spacial score (nSPS) is 18.4. The maximum atomic E-state index is 13.9. The minimum absolute atomic E-state index is 0.0395. The number of carbonyl (C=O) groups is 1. The predicted octanol–water partition coefficient (Wildman–Crippen LogP) is 8.66. The van der Waals surface area contributed by atoms with E-state index < -0.39 is 20.7 Å². The number of carbonyl (C=O) groups excluding carboxylic acids is 1. The van der Waals surface area contributed by atoms with E-state index in [0.717, 1.165) is 75.4 Å². The summed E-state index contributed by atoms with van der Waals surface area (Å²) >= 11 is 6.20. The van der Waals surface area contributed by atoms with E-state index in [4.69, 9.17) is 16.3 Å². The van der Waals surface area contributed by atoms with Gasteiger partial charge < -0.3 is 30.8 Å². The molecular weight excluding hydrogens is 828 g/mol. The minimum atomic E-state index is -4.53. The summed E-state index contributed by atoms with van der Waals surface area (Å²) in [6.45, 7) is 8.44. The number of anilines is 2. The number of rotatable bonds is 16. The van der Waals surface area contributed by atoms with Crippen molar-refractivity contribution in [2.75, 3.05) is 50.4 Å². The van der Waals surface area contributed by atoms with Crippen LogP contribution in [0.3, 0.4) is 0 Å². The third-order valence-electron chi connectivity index (χ3n) is 12.1. The number of sulfonamides is 1. The van der Waals surface area contributed by atoms with Gasteiger partial charge in [-0.3, -0.25) is 9.89 Å². The Balaban J connectivity index is 0.971. The molecule has 0 bridgehead atoms. The number of aromatic nitrogens is 2. The number of halogens is 1. The molecule has 1 unspecified atom stereocenters. The first-order chi connectivity index (χ1) is 29.6. The molecule has 14 nitrogen and oxygen atoms in total. The van der Waals surface area contributed by atoms with Crippen molar-refractivity contribution in [3.05, 3.63) is 112 Å². The molecule has 1 amide bonds. The van der Waals surface area contributed by atoms with Crippen molar-refractivity contribution in [1.82, 2.24) is 29.9 Å². The molecule has 0 spiro atoms. The molecule has 16 heteroatoms. The first-order valence-corrected chi connectivity index (χ1v) is 23.2. The van der Waals surface area contributed by atoms with Crippen LogP contribution in [0.2, 0.25) is 5.02 Å². The molecule has 1 aliphatic heterocycles. The molecule has 2 fully saturated rings. The Morgan fingerprint density at radius 2 is 1.79 bits per heavy atom. The van der Waals surface area contributed by atoms with E-state index in [0.29, 0.717) is 41.6 Å². The van der Waals surface area contributed by atoms with Crippen LogP contribution in [0.1, 0.15) is 74.7 Å². The van der Waals surface area contributed by atoms with Crippen LogP contribution in [0, 0.1) is 10.6 Å². The van der Waals surface area contributed by atoms with Gasteiger partial charge in [0.05, 0.1) is 33.2 Å². The number of hydrogen-bond donors (Lipinski definition) is 6. The predicted molar refractivity (Wildman–Crippen MR) is 245 cm³/mol. The lowest BCUT2D eigenvalue weighted by Gasteiger charge is -2.35. The summed E-state index contributed by atoms with van der Waals surface area (Å²) in [5, 5.41) is 42.3. The average molecular weight is 884 g/mol. The summed E-state index contributed by atoms with van der Waals surface area (Å²) in [6, 6.07) is 22.9. The molecule has 1 saturated heterocycles. The van der Waals surface area contributed by atoms with E-state index in [1.165, 1.54) is 47.8 Å². The fourth-order valence-electron chi connectivity index (χ4n) is 8.52. The number of ether oxygens (including phenoxy) is 1. The lowest BCUT2D eigenvalue weighted by Crippen LogP contribution is -2.41. The van der Waals surface area contributed by atoms with Crippen LogP contribution in [-0.4, -0.2) is 86.5 Å². The highest BCUT2D eigenvalue weighted by Gasteiger charge is 2.33. The third-order valence-corrected chi connectivity index (χ3v) is 13.7. The number of nitrogens with one attached hydrogen (secondary N) is 5. The number of likely N-dealkylation sites (tertiary alicyclic amines) is 1. The van der Waals surface area contributed by atoms with Crippen LogP contribution in [0.15, 0.2) is 95.5 Å². The minimum Gasteiger partial charge on any atom is -0.593 e. The van der Waals surface area contributed by atoms with E-state index in [2.05, 4.69) is 61.7 Å². The van der Waals surface area contributed by atoms with Crippen molar-refractivity contribution in [3.8, 4) is 11.5 Å². The van der Waals surface area contributed by atoms with Crippen LogP contribution < -0.4 is 30.2 Å². The molecule has 1 aromatic heterocycles. The number of amides is 1. The fraction of sp³-hybridized carbons (Fsp3) is 0.391. The number of hydroxylamine groups is 2. The summed E-state index contributed by atoms with van der Waals surface area (Å²) in [5.41, 5.74) is 5.66. The Kier molecular flexibility index (Phi) is 12.7. The van der Waals surface area contributed by atoms with Crippen LogP contribution in [-0.2, 0) is 10.0 Å². The van der Waals surface area contributed by atoms with E-state index in [1.54, 1.807) is 30.5 Å². The van der Waals surface area contributed by atoms with Gasteiger partial charge in [0.1, 0.15) is 18.5 Å². The van der Waals surface area contributed by atoms with Crippen molar-refractivity contribution in [1.29, 1.82) is 0 Å². The molecule has 3 aliphatic rings. The fourth-order valence-corrected chi connectivity index (χ4v) is 9.63. The molecular formula is C46H55ClN8O6S. The SMILES string of the molecule is CC1(C)CCC(CNCCNc2ccc(C(=O)NS(=O)(=O)c3ccc(NC4CCN(C5CC5)CC4)c([N+](C)([O-])O)c3)c(Oc3cccc4[nH]ncc34)c2)=C(c2ccc(Cl)cc2)C1. The molecule has 2 heterocycles. The second-order valence-corrected chi connectivity index (χ2v) is 19.7. The van der Waals surface area contributed by atoms with Crippen molar-refractivity contribution in [3.63, 3.8) is 0 Å². The van der Waals surface area contributed by atoms with Gasteiger partial charge in [0.15, 0.2) is 5.69 Å². The molecule has 1 atom stereocenters. The van der Waals surface area contributed by atoms with Gasteiger partial charge in [-0.25, -0.2) is 18.3 Å². The molecule has 8 rings (SSSR count). The quantitative estimate of drug-likeness (QED) is 0.0317. The van der Waals surface area contributed by atoms with Crippen molar-refractivity contribution in [2.45, 2.75) is 75.8 Å². The number of quaternary nitrogens is 1. The van der Waals surface area contributed by atoms with Gasteiger partial charge in [0.25, 0.3) is 15.9 Å². The van der Waals surface area contributed by atoms with Crippen LogP contribution >= 0.6 is 11.6 Å². The zero-order chi connectivity index (χ0) is 43.6. The molecule has 5 aromatic rings. The highest BCUT2D eigenvalue weighted by atomic mass is 35.5. The van der Waals surface area contributed by atoms with E-state index in [9.17, 15) is 23.6 Å². The first kappa shape index (κ1) is 43.6. The van der Waals surface area contributed by atoms with Crippen LogP contribution in [0.25, 0.3) is 16.5 Å². The number of H-pyrrole nitrogens is 1. The van der Waals surface area contributed by atoms with Crippen molar-refractivity contribution >= 4 is 61.1 Å².